The first-order valence-electron chi connectivity index (χ1n) is 6.18. The summed E-state index contributed by atoms with van der Waals surface area (Å²) in [6.45, 7) is 4.56. The quantitative estimate of drug-likeness (QED) is 0.822. The standard InChI is InChI=1S/C12H20N2O4S2/c1-5-14(9(2)7-13(3)4)20(17,18)11-6-10(8-19-11)12(15)16/h6,8-9H,5,7H2,1-4H3,(H,15,16). The molecule has 1 aromatic heterocycles. The predicted octanol–water partition coefficient (Wildman–Crippen LogP) is 1.41. The number of sulfonamides is 1. The van der Waals surface area contributed by atoms with Crippen LogP contribution < -0.4 is 0 Å². The minimum Gasteiger partial charge on any atom is -0.478 e. The van der Waals surface area contributed by atoms with Crippen LogP contribution in [0.3, 0.4) is 0 Å². The van der Waals surface area contributed by atoms with Crippen molar-refractivity contribution >= 4 is 27.3 Å². The number of likely N-dealkylation sites (N-methyl/N-ethyl adjacent to an activating group) is 2. The molecule has 1 rings (SSSR count). The molecule has 6 nitrogen and oxygen atoms in total. The molecule has 1 aromatic rings. The Morgan fingerprint density at radius 1 is 1.45 bits per heavy atom. The van der Waals surface area contributed by atoms with Crippen molar-refractivity contribution in [2.75, 3.05) is 27.2 Å². The lowest BCUT2D eigenvalue weighted by atomic mass is 10.3. The van der Waals surface area contributed by atoms with E-state index in [-0.39, 0.29) is 15.8 Å². The fourth-order valence-electron chi connectivity index (χ4n) is 2.02. The SMILES string of the molecule is CCN(C(C)CN(C)C)S(=O)(=O)c1cc(C(=O)O)cs1. The zero-order valence-electron chi connectivity index (χ0n) is 12.0. The van der Waals surface area contributed by atoms with Crippen molar-refractivity contribution in [2.45, 2.75) is 24.1 Å². The molecule has 1 N–H and O–H groups in total. The molecule has 0 radical (unpaired) electrons. The first-order chi connectivity index (χ1) is 9.20. The lowest BCUT2D eigenvalue weighted by Crippen LogP contribution is -2.43. The van der Waals surface area contributed by atoms with E-state index in [0.717, 1.165) is 11.3 Å². The molecule has 0 saturated carbocycles. The van der Waals surface area contributed by atoms with E-state index >= 15 is 0 Å². The molecule has 8 heteroatoms. The summed E-state index contributed by atoms with van der Waals surface area (Å²) >= 11 is 0.941. The van der Waals surface area contributed by atoms with Gasteiger partial charge >= 0.3 is 5.97 Å². The van der Waals surface area contributed by atoms with E-state index < -0.39 is 16.0 Å². The van der Waals surface area contributed by atoms with Gasteiger partial charge in [0.1, 0.15) is 4.21 Å². The summed E-state index contributed by atoms with van der Waals surface area (Å²) in [4.78, 5) is 12.8. The highest BCUT2D eigenvalue weighted by atomic mass is 32.2. The maximum atomic E-state index is 12.5. The third-order valence-electron chi connectivity index (χ3n) is 2.82. The van der Waals surface area contributed by atoms with E-state index in [2.05, 4.69) is 0 Å². The van der Waals surface area contributed by atoms with Gasteiger partial charge in [0.15, 0.2) is 0 Å². The van der Waals surface area contributed by atoms with Gasteiger partial charge in [-0.05, 0) is 27.1 Å². The molecule has 0 aromatic carbocycles. The Hall–Kier alpha value is -0.960. The summed E-state index contributed by atoms with van der Waals surface area (Å²) in [6, 6.07) is 1.03. The van der Waals surface area contributed by atoms with Crippen molar-refractivity contribution in [2.24, 2.45) is 0 Å². The van der Waals surface area contributed by atoms with Crippen LogP contribution in [-0.2, 0) is 10.0 Å². The average Bonchev–Trinajstić information content (AvgIpc) is 2.77. The number of nitrogens with zero attached hydrogens (tertiary/aromatic N) is 2. The number of carboxylic acids is 1. The smallest absolute Gasteiger partial charge is 0.336 e. The molecule has 1 atom stereocenters. The second kappa shape index (κ2) is 6.66. The van der Waals surface area contributed by atoms with Crippen LogP contribution in [-0.4, -0.2) is 61.9 Å². The van der Waals surface area contributed by atoms with E-state index in [0.29, 0.717) is 13.1 Å². The second-order valence-corrected chi connectivity index (χ2v) is 7.81. The normalized spacial score (nSPS) is 13.9. The fraction of sp³-hybridized carbons (Fsp3) is 0.583. The van der Waals surface area contributed by atoms with Gasteiger partial charge < -0.3 is 10.0 Å². The Labute approximate surface area is 123 Å². The first kappa shape index (κ1) is 17.1. The van der Waals surface area contributed by atoms with Gasteiger partial charge in [0.05, 0.1) is 5.56 Å². The summed E-state index contributed by atoms with van der Waals surface area (Å²) in [7, 11) is 0.112. The van der Waals surface area contributed by atoms with Crippen LogP contribution in [0.25, 0.3) is 0 Å². The van der Waals surface area contributed by atoms with E-state index in [4.69, 9.17) is 5.11 Å². The minimum absolute atomic E-state index is 0.00453. The van der Waals surface area contributed by atoms with Gasteiger partial charge in [-0.1, -0.05) is 6.92 Å². The van der Waals surface area contributed by atoms with Crippen molar-refractivity contribution < 1.29 is 18.3 Å². The third kappa shape index (κ3) is 3.78. The second-order valence-electron chi connectivity index (χ2n) is 4.78. The average molecular weight is 320 g/mol. The van der Waals surface area contributed by atoms with Crippen molar-refractivity contribution in [1.29, 1.82) is 0 Å². The Morgan fingerprint density at radius 3 is 2.45 bits per heavy atom. The number of thiophene rings is 1. The lowest BCUT2D eigenvalue weighted by molar-refractivity contribution is 0.0697. The number of aromatic carboxylic acids is 1. The fourth-order valence-corrected chi connectivity index (χ4v) is 4.93. The summed E-state index contributed by atoms with van der Waals surface area (Å²) in [5.41, 5.74) is 0.00453. The maximum absolute atomic E-state index is 12.5. The van der Waals surface area contributed by atoms with E-state index in [1.54, 1.807) is 6.92 Å². The Balaban J connectivity index is 3.08. The largest absolute Gasteiger partial charge is 0.478 e. The molecule has 0 amide bonds. The van der Waals surface area contributed by atoms with Crippen molar-refractivity contribution in [1.82, 2.24) is 9.21 Å². The topological polar surface area (TPSA) is 77.9 Å². The van der Waals surface area contributed by atoms with Gasteiger partial charge in [-0.2, -0.15) is 4.31 Å². The first-order valence-corrected chi connectivity index (χ1v) is 8.50. The molecular formula is C12H20N2O4S2. The van der Waals surface area contributed by atoms with Gasteiger partial charge in [0, 0.05) is 24.5 Å². The van der Waals surface area contributed by atoms with E-state index in [1.165, 1.54) is 15.8 Å². The van der Waals surface area contributed by atoms with Gasteiger partial charge in [-0.15, -0.1) is 11.3 Å². The van der Waals surface area contributed by atoms with E-state index in [9.17, 15) is 13.2 Å². The molecule has 0 aliphatic heterocycles. The molecule has 0 spiro atoms. The van der Waals surface area contributed by atoms with Crippen LogP contribution in [0.1, 0.15) is 24.2 Å². The van der Waals surface area contributed by atoms with Crippen LogP contribution in [0, 0.1) is 0 Å². The molecule has 0 aliphatic rings. The molecule has 114 valence electrons. The zero-order chi connectivity index (χ0) is 15.5. The van der Waals surface area contributed by atoms with Gasteiger partial charge in [0.25, 0.3) is 10.0 Å². The number of hydrogen-bond acceptors (Lipinski definition) is 5. The van der Waals surface area contributed by atoms with Crippen molar-refractivity contribution in [3.05, 3.63) is 17.0 Å². The Morgan fingerprint density at radius 2 is 2.05 bits per heavy atom. The zero-order valence-corrected chi connectivity index (χ0v) is 13.7. The monoisotopic (exact) mass is 320 g/mol. The van der Waals surface area contributed by atoms with Crippen LogP contribution in [0.15, 0.2) is 15.7 Å². The molecule has 1 unspecified atom stereocenters. The number of hydrogen-bond donors (Lipinski definition) is 1. The Kier molecular flexibility index (Phi) is 5.69. The Bertz CT molecular complexity index is 566. The highest BCUT2D eigenvalue weighted by molar-refractivity contribution is 7.91. The summed E-state index contributed by atoms with van der Waals surface area (Å²) in [5, 5.41) is 10.2. The highest BCUT2D eigenvalue weighted by Crippen LogP contribution is 2.25. The lowest BCUT2D eigenvalue weighted by Gasteiger charge is -2.28. The number of rotatable bonds is 7. The molecule has 0 bridgehead atoms. The number of carboxylic acid groups (broad SMARTS) is 1. The van der Waals surface area contributed by atoms with Crippen LogP contribution in [0.4, 0.5) is 0 Å². The van der Waals surface area contributed by atoms with Gasteiger partial charge in [-0.3, -0.25) is 0 Å². The van der Waals surface area contributed by atoms with Crippen LogP contribution in [0.5, 0.6) is 0 Å². The molecule has 1 heterocycles. The molecule has 20 heavy (non-hydrogen) atoms. The molecule has 0 fully saturated rings. The highest BCUT2D eigenvalue weighted by Gasteiger charge is 2.29. The van der Waals surface area contributed by atoms with Crippen LogP contribution in [0.2, 0.25) is 0 Å². The molecule has 0 aliphatic carbocycles. The number of carbonyl (C=O) groups is 1. The maximum Gasteiger partial charge on any atom is 0.336 e. The summed E-state index contributed by atoms with van der Waals surface area (Å²) in [6.07, 6.45) is 0. The van der Waals surface area contributed by atoms with Gasteiger partial charge in [-0.25, -0.2) is 13.2 Å². The van der Waals surface area contributed by atoms with Crippen LogP contribution >= 0.6 is 11.3 Å². The van der Waals surface area contributed by atoms with Gasteiger partial charge in [0.2, 0.25) is 0 Å². The van der Waals surface area contributed by atoms with Crippen molar-refractivity contribution in [3.8, 4) is 0 Å². The summed E-state index contributed by atoms with van der Waals surface area (Å²) < 4.78 is 26.6. The van der Waals surface area contributed by atoms with Crippen molar-refractivity contribution in [3.63, 3.8) is 0 Å². The minimum atomic E-state index is -3.65. The predicted molar refractivity (Wildman–Crippen MR) is 78.9 cm³/mol. The van der Waals surface area contributed by atoms with E-state index in [1.807, 2.05) is 25.9 Å². The molecular weight excluding hydrogens is 300 g/mol. The summed E-state index contributed by atoms with van der Waals surface area (Å²) in [5.74, 6) is -1.12. The third-order valence-corrected chi connectivity index (χ3v) is 6.32. The molecule has 0 saturated heterocycles.